The van der Waals surface area contributed by atoms with Gasteiger partial charge in [-0.2, -0.15) is 0 Å². The summed E-state index contributed by atoms with van der Waals surface area (Å²) in [6.45, 7) is 5.88. The van der Waals surface area contributed by atoms with E-state index in [4.69, 9.17) is 0 Å². The van der Waals surface area contributed by atoms with Gasteiger partial charge in [0.05, 0.1) is 32.3 Å². The molecule has 348 valence electrons. The van der Waals surface area contributed by atoms with Crippen LogP contribution in [0, 0.1) is 31.9 Å². The molecular formula is C49H56F2N8O7. The highest BCUT2D eigenvalue weighted by Gasteiger charge is 2.31. The molecule has 2 N–H and O–H groups in total. The number of hydrogen-bond acceptors (Lipinski definition) is 11. The van der Waals surface area contributed by atoms with Crippen LogP contribution in [0.2, 0.25) is 0 Å². The molecule has 15 nitrogen and oxygen atoms in total. The normalized spacial score (nSPS) is 18.0. The second-order valence-corrected chi connectivity index (χ2v) is 18.1. The van der Waals surface area contributed by atoms with Gasteiger partial charge >= 0.3 is 0 Å². The molecule has 4 aliphatic rings. The number of hydrogen-bond donors (Lipinski definition) is 2. The molecule has 2 atom stereocenters. The first-order valence-electron chi connectivity index (χ1n) is 23.1. The standard InChI is InChI=1S/C49H56F2N8O7/c1-31(33-11-17-45(41(50)27-33)54-19-23-56(24-20-54)48(61)39-29-37(58(63)64)13-15-43(39)52-35-7-3-4-8-35)47(60)32(2)34-12-18-46(42(51)28-34)55-21-25-57(26-22-55)49(62)40-30-38(59(65)66)14-16-44(40)53-36-9-5-6-10-36/h11-18,27-32,35-36,52-53H,3-10,19-26H2,1-2H3. The number of rotatable bonds is 14. The maximum Gasteiger partial charge on any atom is 0.270 e. The number of benzene rings is 4. The van der Waals surface area contributed by atoms with Crippen molar-refractivity contribution in [1.82, 2.24) is 9.80 Å². The van der Waals surface area contributed by atoms with Crippen molar-refractivity contribution >= 4 is 51.7 Å². The average molecular weight is 907 g/mol. The Morgan fingerprint density at radius 3 is 1.26 bits per heavy atom. The number of nitro groups is 2. The maximum atomic E-state index is 15.8. The van der Waals surface area contributed by atoms with Gasteiger partial charge in [-0.05, 0) is 73.2 Å². The van der Waals surface area contributed by atoms with Gasteiger partial charge in [0.15, 0.2) is 0 Å². The summed E-state index contributed by atoms with van der Waals surface area (Å²) in [7, 11) is 0. The Labute approximate surface area is 382 Å². The molecule has 66 heavy (non-hydrogen) atoms. The summed E-state index contributed by atoms with van der Waals surface area (Å²) in [5.74, 6) is -3.27. The van der Waals surface area contributed by atoms with Crippen molar-refractivity contribution in [2.24, 2.45) is 0 Å². The Balaban J connectivity index is 0.861. The topological polar surface area (TPSA) is 175 Å². The van der Waals surface area contributed by atoms with Gasteiger partial charge in [-0.15, -0.1) is 0 Å². The molecule has 4 aromatic carbocycles. The molecule has 2 saturated carbocycles. The monoisotopic (exact) mass is 906 g/mol. The van der Waals surface area contributed by atoms with Crippen LogP contribution in [0.4, 0.5) is 42.9 Å². The Hall–Kier alpha value is -6.65. The van der Waals surface area contributed by atoms with Crippen LogP contribution in [0.25, 0.3) is 0 Å². The first-order valence-corrected chi connectivity index (χ1v) is 23.1. The number of nitro benzene ring substituents is 2. The van der Waals surface area contributed by atoms with E-state index in [9.17, 15) is 34.6 Å². The van der Waals surface area contributed by atoms with Crippen molar-refractivity contribution in [3.8, 4) is 0 Å². The molecule has 4 fully saturated rings. The second-order valence-electron chi connectivity index (χ2n) is 18.1. The van der Waals surface area contributed by atoms with E-state index in [0.717, 1.165) is 51.4 Å². The van der Waals surface area contributed by atoms with Gasteiger partial charge in [0.1, 0.15) is 17.4 Å². The quantitative estimate of drug-likeness (QED) is 0.0914. The van der Waals surface area contributed by atoms with Crippen LogP contribution in [0.5, 0.6) is 0 Å². The molecule has 0 radical (unpaired) electrons. The van der Waals surface area contributed by atoms with Crippen LogP contribution in [0.3, 0.4) is 0 Å². The van der Waals surface area contributed by atoms with Crippen LogP contribution in [0.15, 0.2) is 72.8 Å². The van der Waals surface area contributed by atoms with Crippen LogP contribution in [-0.2, 0) is 4.79 Å². The first-order chi connectivity index (χ1) is 31.7. The number of ketones is 1. The van der Waals surface area contributed by atoms with Gasteiger partial charge < -0.3 is 30.2 Å². The molecule has 2 heterocycles. The molecule has 2 aliphatic carbocycles. The second kappa shape index (κ2) is 19.8. The molecule has 2 unspecified atom stereocenters. The molecule has 4 aromatic rings. The lowest BCUT2D eigenvalue weighted by molar-refractivity contribution is -0.385. The number of nitrogens with zero attached hydrogens (tertiary/aromatic N) is 6. The van der Waals surface area contributed by atoms with E-state index in [1.165, 1.54) is 36.4 Å². The zero-order valence-corrected chi connectivity index (χ0v) is 37.3. The SMILES string of the molecule is CC(C(=O)C(C)c1ccc(N2CCN(C(=O)c3cc([N+](=O)[O-])ccc3NC3CCCC3)CC2)c(F)c1)c1ccc(N2CCN(C(=O)c3cc([N+](=O)[O-])ccc3NC3CCCC3)CC2)c(F)c1. The molecule has 0 bridgehead atoms. The lowest BCUT2D eigenvalue weighted by Crippen LogP contribution is -2.49. The third kappa shape index (κ3) is 9.94. The zero-order valence-electron chi connectivity index (χ0n) is 37.3. The Kier molecular flexibility index (Phi) is 13.8. The molecule has 0 aromatic heterocycles. The number of non-ortho nitro benzene ring substituents is 2. The van der Waals surface area contributed by atoms with Crippen molar-refractivity contribution in [3.63, 3.8) is 0 Å². The molecule has 8 rings (SSSR count). The number of carbonyl (C=O) groups is 3. The van der Waals surface area contributed by atoms with Crippen molar-refractivity contribution in [2.75, 3.05) is 72.8 Å². The highest BCUT2D eigenvalue weighted by atomic mass is 19.1. The van der Waals surface area contributed by atoms with Crippen LogP contribution < -0.4 is 20.4 Å². The van der Waals surface area contributed by atoms with E-state index < -0.39 is 33.3 Å². The van der Waals surface area contributed by atoms with Gasteiger partial charge in [-0.25, -0.2) is 8.78 Å². The van der Waals surface area contributed by atoms with E-state index in [2.05, 4.69) is 10.6 Å². The summed E-state index contributed by atoms with van der Waals surface area (Å²) in [6, 6.07) is 18.5. The third-order valence-electron chi connectivity index (χ3n) is 13.9. The van der Waals surface area contributed by atoms with Gasteiger partial charge in [0.25, 0.3) is 23.2 Å². The Morgan fingerprint density at radius 2 is 0.924 bits per heavy atom. The highest BCUT2D eigenvalue weighted by Crippen LogP contribution is 2.34. The number of amides is 2. The minimum Gasteiger partial charge on any atom is -0.382 e. The first kappa shape index (κ1) is 45.9. The molecule has 0 spiro atoms. The Morgan fingerprint density at radius 1 is 0.561 bits per heavy atom. The van der Waals surface area contributed by atoms with E-state index in [-0.39, 0.29) is 78.4 Å². The lowest BCUT2D eigenvalue weighted by Gasteiger charge is -2.36. The zero-order chi connectivity index (χ0) is 46.6. The van der Waals surface area contributed by atoms with Gasteiger partial charge in [-0.3, -0.25) is 34.6 Å². The summed E-state index contributed by atoms with van der Waals surface area (Å²) < 4.78 is 31.7. The number of Topliss-reactive ketones (excluding diaryl/α,β-unsaturated/α-hetero) is 1. The van der Waals surface area contributed by atoms with Gasteiger partial charge in [0.2, 0.25) is 0 Å². The number of carbonyl (C=O) groups excluding carboxylic acids is 3. The molecular weight excluding hydrogens is 851 g/mol. The van der Waals surface area contributed by atoms with E-state index in [0.29, 0.717) is 60.1 Å². The summed E-state index contributed by atoms with van der Waals surface area (Å²) in [5.41, 5.74) is 2.96. The smallest absolute Gasteiger partial charge is 0.270 e. The summed E-state index contributed by atoms with van der Waals surface area (Å²) >= 11 is 0. The van der Waals surface area contributed by atoms with Crippen molar-refractivity contribution in [2.45, 2.75) is 89.1 Å². The average Bonchev–Trinajstić information content (AvgIpc) is 4.06. The van der Waals surface area contributed by atoms with Gasteiger partial charge in [0, 0.05) is 112 Å². The minimum absolute atomic E-state index is 0.162. The highest BCUT2D eigenvalue weighted by molar-refractivity contribution is 6.01. The van der Waals surface area contributed by atoms with Gasteiger partial charge in [-0.1, -0.05) is 51.7 Å². The fraction of sp³-hybridized carbons (Fsp3) is 0.449. The number of piperazine rings is 2. The van der Waals surface area contributed by atoms with Crippen LogP contribution in [-0.4, -0.2) is 102 Å². The Bertz CT molecular complexity index is 2330. The predicted octanol–water partition coefficient (Wildman–Crippen LogP) is 8.89. The number of nitrogens with one attached hydrogen (secondary N) is 2. The third-order valence-corrected chi connectivity index (χ3v) is 13.9. The van der Waals surface area contributed by atoms with E-state index in [1.807, 2.05) is 9.80 Å². The van der Waals surface area contributed by atoms with Crippen molar-refractivity contribution in [1.29, 1.82) is 0 Å². The fourth-order valence-corrected chi connectivity index (χ4v) is 9.92. The van der Waals surface area contributed by atoms with E-state index in [1.54, 1.807) is 60.0 Å². The fourth-order valence-electron chi connectivity index (χ4n) is 9.92. The minimum atomic E-state index is -0.701. The van der Waals surface area contributed by atoms with Crippen LogP contribution >= 0.6 is 0 Å². The molecule has 2 saturated heterocycles. The summed E-state index contributed by atoms with van der Waals surface area (Å²) in [5, 5.41) is 30.0. The molecule has 17 heteroatoms. The maximum absolute atomic E-state index is 15.8. The summed E-state index contributed by atoms with van der Waals surface area (Å²) in [6.07, 6.45) is 8.21. The summed E-state index contributed by atoms with van der Waals surface area (Å²) in [4.78, 5) is 70.4. The van der Waals surface area contributed by atoms with Crippen molar-refractivity contribution in [3.05, 3.63) is 127 Å². The van der Waals surface area contributed by atoms with E-state index >= 15 is 8.78 Å². The predicted molar refractivity (Wildman–Crippen MR) is 249 cm³/mol. The number of halogens is 2. The van der Waals surface area contributed by atoms with Crippen LogP contribution in [0.1, 0.15) is 109 Å². The molecule has 2 amide bonds. The number of anilines is 4. The molecule has 2 aliphatic heterocycles. The van der Waals surface area contributed by atoms with Crippen molar-refractivity contribution < 1.29 is 33.0 Å². The largest absolute Gasteiger partial charge is 0.382 e. The lowest BCUT2D eigenvalue weighted by atomic mass is 9.85.